The molecule has 0 aromatic heterocycles. The van der Waals surface area contributed by atoms with Crippen molar-refractivity contribution in [3.63, 3.8) is 0 Å². The monoisotopic (exact) mass is 447 g/mol. The Kier molecular flexibility index (Phi) is 6.09. The van der Waals surface area contributed by atoms with E-state index in [1.54, 1.807) is 7.11 Å². The van der Waals surface area contributed by atoms with Crippen LogP contribution in [0.1, 0.15) is 56.1 Å². The minimum Gasteiger partial charge on any atom is -0.497 e. The van der Waals surface area contributed by atoms with E-state index < -0.39 is 0 Å². The van der Waals surface area contributed by atoms with Gasteiger partial charge in [-0.3, -0.25) is 0 Å². The van der Waals surface area contributed by atoms with E-state index in [4.69, 9.17) is 4.74 Å². The van der Waals surface area contributed by atoms with Gasteiger partial charge in [0, 0.05) is 25.2 Å². The van der Waals surface area contributed by atoms with E-state index in [2.05, 4.69) is 64.6 Å². The summed E-state index contributed by atoms with van der Waals surface area (Å²) in [6, 6.07) is 19.2. The first-order chi connectivity index (χ1) is 16.1. The number of carbonyl (C=O) groups is 1. The van der Waals surface area contributed by atoms with Gasteiger partial charge in [0.25, 0.3) is 0 Å². The van der Waals surface area contributed by atoms with Gasteiger partial charge in [-0.2, -0.15) is 0 Å². The van der Waals surface area contributed by atoms with Crippen molar-refractivity contribution in [3.8, 4) is 5.75 Å². The molecule has 3 aliphatic rings. The summed E-state index contributed by atoms with van der Waals surface area (Å²) in [5.41, 5.74) is 2.48. The van der Waals surface area contributed by atoms with Gasteiger partial charge in [-0.15, -0.1) is 0 Å². The predicted octanol–water partition coefficient (Wildman–Crippen LogP) is 5.16. The molecule has 5 heteroatoms. The number of rotatable bonds is 7. The normalized spacial score (nSPS) is 27.8. The van der Waals surface area contributed by atoms with E-state index in [0.29, 0.717) is 12.5 Å². The maximum atomic E-state index is 13.7. The molecule has 2 amide bonds. The fourth-order valence-electron chi connectivity index (χ4n) is 6.17. The Morgan fingerprint density at radius 3 is 2.27 bits per heavy atom. The second-order valence-electron chi connectivity index (χ2n) is 10.3. The Morgan fingerprint density at radius 1 is 1.00 bits per heavy atom. The highest BCUT2D eigenvalue weighted by Crippen LogP contribution is 2.47. The van der Waals surface area contributed by atoms with E-state index in [9.17, 15) is 4.79 Å². The maximum Gasteiger partial charge on any atom is 0.320 e. The number of ether oxygens (including phenoxy) is 1. The third-order valence-electron chi connectivity index (χ3n) is 8.60. The quantitative estimate of drug-likeness (QED) is 0.638. The van der Waals surface area contributed by atoms with Gasteiger partial charge in [0.15, 0.2) is 0 Å². The Bertz CT molecular complexity index is 947. The minimum absolute atomic E-state index is 0.00109. The fourth-order valence-corrected chi connectivity index (χ4v) is 6.17. The number of hydrogen-bond acceptors (Lipinski definition) is 3. The van der Waals surface area contributed by atoms with Crippen molar-refractivity contribution in [3.05, 3.63) is 65.7 Å². The zero-order valence-electron chi connectivity index (χ0n) is 20.1. The van der Waals surface area contributed by atoms with Gasteiger partial charge in [0.2, 0.25) is 0 Å². The molecule has 1 heterocycles. The summed E-state index contributed by atoms with van der Waals surface area (Å²) in [7, 11) is 3.78. The molecule has 0 bridgehead atoms. The number of amides is 2. The van der Waals surface area contributed by atoms with Gasteiger partial charge in [0.05, 0.1) is 12.6 Å². The average Bonchev–Trinajstić information content (AvgIpc) is 3.08. The molecule has 5 nitrogen and oxygen atoms in total. The van der Waals surface area contributed by atoms with Crippen molar-refractivity contribution < 1.29 is 9.53 Å². The molecule has 5 rings (SSSR count). The Hall–Kier alpha value is -2.53. The summed E-state index contributed by atoms with van der Waals surface area (Å²) >= 11 is 0. The molecule has 2 aromatic rings. The largest absolute Gasteiger partial charge is 0.497 e. The number of carbonyl (C=O) groups excluding carboxylic acids is 1. The molecule has 1 N–H and O–H groups in total. The van der Waals surface area contributed by atoms with Crippen molar-refractivity contribution in [1.29, 1.82) is 0 Å². The Morgan fingerprint density at radius 2 is 1.70 bits per heavy atom. The first-order valence-electron chi connectivity index (χ1n) is 12.5. The second-order valence-corrected chi connectivity index (χ2v) is 10.3. The van der Waals surface area contributed by atoms with Crippen LogP contribution in [0.5, 0.6) is 5.75 Å². The van der Waals surface area contributed by atoms with E-state index in [-0.39, 0.29) is 17.1 Å². The second kappa shape index (κ2) is 9.02. The third-order valence-corrected chi connectivity index (χ3v) is 8.60. The smallest absolute Gasteiger partial charge is 0.320 e. The van der Waals surface area contributed by atoms with Crippen LogP contribution in [0.2, 0.25) is 0 Å². The zero-order valence-corrected chi connectivity index (χ0v) is 20.1. The number of hydrogen-bond donors (Lipinski definition) is 1. The van der Waals surface area contributed by atoms with Gasteiger partial charge < -0.3 is 19.9 Å². The lowest BCUT2D eigenvalue weighted by molar-refractivity contribution is 0.0584. The molecule has 2 aromatic carbocycles. The van der Waals surface area contributed by atoms with Crippen molar-refractivity contribution in [1.82, 2.24) is 15.1 Å². The summed E-state index contributed by atoms with van der Waals surface area (Å²) in [6.45, 7) is 2.43. The summed E-state index contributed by atoms with van der Waals surface area (Å²) in [6.07, 6.45) is 8.04. The maximum absolute atomic E-state index is 13.7. The van der Waals surface area contributed by atoms with Crippen LogP contribution in [-0.4, -0.2) is 48.6 Å². The van der Waals surface area contributed by atoms with Gasteiger partial charge in [0.1, 0.15) is 5.75 Å². The number of benzene rings is 2. The highest BCUT2D eigenvalue weighted by atomic mass is 16.5. The minimum atomic E-state index is -0.0473. The van der Waals surface area contributed by atoms with Crippen LogP contribution in [0.25, 0.3) is 0 Å². The summed E-state index contributed by atoms with van der Waals surface area (Å²) in [5.74, 6) is 1.53. The number of nitrogens with one attached hydrogen (secondary N) is 1. The first-order valence-corrected chi connectivity index (χ1v) is 12.5. The molecule has 2 saturated carbocycles. The Labute approximate surface area is 198 Å². The fraction of sp³-hybridized carbons (Fsp3) is 0.536. The van der Waals surface area contributed by atoms with E-state index >= 15 is 0 Å². The average molecular weight is 448 g/mol. The molecule has 0 atom stereocenters. The zero-order chi connectivity index (χ0) is 22.9. The molecule has 0 radical (unpaired) electrons. The van der Waals surface area contributed by atoms with Crippen molar-refractivity contribution in [2.24, 2.45) is 5.92 Å². The molecule has 2 aliphatic carbocycles. The number of urea groups is 1. The molecule has 1 saturated heterocycles. The molecule has 1 spiro atoms. The van der Waals surface area contributed by atoms with Gasteiger partial charge >= 0.3 is 6.03 Å². The summed E-state index contributed by atoms with van der Waals surface area (Å²) in [5, 5.41) is 3.66. The molecule has 3 fully saturated rings. The summed E-state index contributed by atoms with van der Waals surface area (Å²) < 4.78 is 5.30. The molecular formula is C28H37N3O2. The molecule has 1 aliphatic heterocycles. The summed E-state index contributed by atoms with van der Waals surface area (Å²) in [4.78, 5) is 18.1. The Balaban J connectivity index is 1.36. The lowest BCUT2D eigenvalue weighted by atomic mass is 9.68. The highest BCUT2D eigenvalue weighted by Gasteiger charge is 2.54. The topological polar surface area (TPSA) is 44.8 Å². The lowest BCUT2D eigenvalue weighted by Gasteiger charge is -2.49. The van der Waals surface area contributed by atoms with Crippen LogP contribution in [-0.2, 0) is 12.1 Å². The standard InChI is InChI=1S/C28H37N3O2/c1-29-28(24-9-4-3-5-10-24)17-15-27(16-18-28)21-30(19-23-11-13-25(33-2)14-12-23)26(32)31(27)20-22-7-6-8-22/h3-5,9-14,22,29H,6-8,15-21H2,1-2H3/t27-,28+. The van der Waals surface area contributed by atoms with Gasteiger partial charge in [-0.05, 0) is 74.8 Å². The predicted molar refractivity (Wildman–Crippen MR) is 131 cm³/mol. The highest BCUT2D eigenvalue weighted by molar-refractivity contribution is 5.78. The van der Waals surface area contributed by atoms with Crippen LogP contribution in [0, 0.1) is 5.92 Å². The van der Waals surface area contributed by atoms with Crippen LogP contribution in [0.15, 0.2) is 54.6 Å². The SMILES string of the molecule is CN[C@]1(c2ccccc2)CC[C@]2(CC1)CN(Cc1ccc(OC)cc1)C(=O)N2CC1CCC1. The van der Waals surface area contributed by atoms with E-state index in [1.165, 1.54) is 24.8 Å². The molecule has 33 heavy (non-hydrogen) atoms. The number of methoxy groups -OCH3 is 1. The first kappa shape index (κ1) is 22.3. The molecule has 176 valence electrons. The number of nitrogens with zero attached hydrogens (tertiary/aromatic N) is 2. The van der Waals surface area contributed by atoms with E-state index in [1.807, 2.05) is 12.1 Å². The van der Waals surface area contributed by atoms with E-state index in [0.717, 1.165) is 50.1 Å². The van der Waals surface area contributed by atoms with Crippen LogP contribution in [0.3, 0.4) is 0 Å². The van der Waals surface area contributed by atoms with Crippen molar-refractivity contribution in [2.75, 3.05) is 27.2 Å². The molecular weight excluding hydrogens is 410 g/mol. The van der Waals surface area contributed by atoms with Crippen molar-refractivity contribution in [2.45, 2.75) is 62.6 Å². The van der Waals surface area contributed by atoms with Crippen molar-refractivity contribution >= 4 is 6.03 Å². The van der Waals surface area contributed by atoms with Gasteiger partial charge in [-0.1, -0.05) is 48.9 Å². The lowest BCUT2D eigenvalue weighted by Crippen LogP contribution is -2.56. The van der Waals surface area contributed by atoms with Crippen LogP contribution >= 0.6 is 0 Å². The third kappa shape index (κ3) is 4.12. The van der Waals surface area contributed by atoms with Crippen LogP contribution in [0.4, 0.5) is 4.79 Å². The van der Waals surface area contributed by atoms with Gasteiger partial charge in [-0.25, -0.2) is 4.79 Å². The van der Waals surface area contributed by atoms with Crippen LogP contribution < -0.4 is 10.1 Å². The molecule has 0 unspecified atom stereocenters.